The molecule has 2 bridgehead atoms. The third-order valence-corrected chi connectivity index (χ3v) is 3.90. The number of carbonyl (C=O) groups is 1. The Balaban J connectivity index is 1.98. The lowest BCUT2D eigenvalue weighted by atomic mass is 9.80. The van der Waals surface area contributed by atoms with Crippen LogP contribution in [-0.4, -0.2) is 35.0 Å². The summed E-state index contributed by atoms with van der Waals surface area (Å²) in [4.78, 5) is 11.3. The molecule has 0 aromatic heterocycles. The Bertz CT molecular complexity index is 262. The Labute approximate surface area is 75.5 Å². The van der Waals surface area contributed by atoms with Gasteiger partial charge in [0.25, 0.3) is 0 Å². The van der Waals surface area contributed by atoms with E-state index in [2.05, 4.69) is 0 Å². The molecule has 3 fully saturated rings. The largest absolute Gasteiger partial charge is 0.465 e. The van der Waals surface area contributed by atoms with E-state index in [0.717, 1.165) is 0 Å². The van der Waals surface area contributed by atoms with Gasteiger partial charge in [0.2, 0.25) is 0 Å². The topological polar surface area (TPSA) is 66.8 Å². The maximum atomic E-state index is 11.3. The number of ether oxygens (including phenoxy) is 1. The maximum Gasteiger partial charge on any atom is 0.309 e. The van der Waals surface area contributed by atoms with Crippen molar-refractivity contribution in [1.29, 1.82) is 0 Å². The van der Waals surface area contributed by atoms with Crippen LogP contribution in [0.4, 0.5) is 0 Å². The molecule has 1 aliphatic heterocycles. The summed E-state index contributed by atoms with van der Waals surface area (Å²) in [6, 6.07) is 0. The first-order valence-electron chi connectivity index (χ1n) is 4.73. The minimum Gasteiger partial charge on any atom is -0.465 e. The van der Waals surface area contributed by atoms with Crippen molar-refractivity contribution in [1.82, 2.24) is 0 Å². The number of rotatable bonds is 0. The highest BCUT2D eigenvalue weighted by Gasteiger charge is 2.63. The summed E-state index contributed by atoms with van der Waals surface area (Å²) < 4.78 is 4.94. The van der Waals surface area contributed by atoms with E-state index in [1.807, 2.05) is 0 Å². The molecular weight excluding hydrogens is 172 g/mol. The zero-order valence-electron chi connectivity index (χ0n) is 7.09. The number of aliphatic hydroxyl groups excluding tert-OH is 2. The van der Waals surface area contributed by atoms with Crippen molar-refractivity contribution in [3.8, 4) is 0 Å². The van der Waals surface area contributed by atoms with E-state index in [1.165, 1.54) is 0 Å². The molecule has 0 amide bonds. The fraction of sp³-hybridized carbons (Fsp3) is 0.889. The second-order valence-corrected chi connectivity index (χ2v) is 4.35. The van der Waals surface area contributed by atoms with E-state index in [0.29, 0.717) is 13.0 Å². The third-order valence-electron chi connectivity index (χ3n) is 3.90. The monoisotopic (exact) mass is 184 g/mol. The van der Waals surface area contributed by atoms with Gasteiger partial charge in [0.05, 0.1) is 24.7 Å². The number of cyclic esters (lactones) is 1. The lowest BCUT2D eigenvalue weighted by Gasteiger charge is -2.23. The van der Waals surface area contributed by atoms with Crippen molar-refractivity contribution in [2.75, 3.05) is 6.61 Å². The molecule has 72 valence electrons. The van der Waals surface area contributed by atoms with Crippen LogP contribution in [0.1, 0.15) is 6.42 Å². The first-order chi connectivity index (χ1) is 6.20. The predicted molar refractivity (Wildman–Crippen MR) is 41.5 cm³/mol. The van der Waals surface area contributed by atoms with E-state index in [1.54, 1.807) is 0 Å². The van der Waals surface area contributed by atoms with Crippen LogP contribution in [0.15, 0.2) is 0 Å². The Hall–Kier alpha value is -0.610. The summed E-state index contributed by atoms with van der Waals surface area (Å²) in [6.07, 6.45) is -0.365. The van der Waals surface area contributed by atoms with E-state index < -0.39 is 12.2 Å². The van der Waals surface area contributed by atoms with Crippen LogP contribution in [0.5, 0.6) is 0 Å². The molecule has 4 heteroatoms. The molecule has 2 saturated carbocycles. The van der Waals surface area contributed by atoms with E-state index in [-0.39, 0.29) is 29.6 Å². The van der Waals surface area contributed by atoms with Crippen molar-refractivity contribution >= 4 is 5.97 Å². The molecule has 2 N–H and O–H groups in total. The van der Waals surface area contributed by atoms with Crippen LogP contribution in [0.3, 0.4) is 0 Å². The first kappa shape index (κ1) is 7.76. The van der Waals surface area contributed by atoms with Gasteiger partial charge in [0.1, 0.15) is 0 Å². The zero-order valence-corrected chi connectivity index (χ0v) is 7.09. The molecule has 0 radical (unpaired) electrons. The molecule has 4 nitrogen and oxygen atoms in total. The molecule has 0 aromatic carbocycles. The van der Waals surface area contributed by atoms with Crippen LogP contribution in [0.25, 0.3) is 0 Å². The highest BCUT2D eigenvalue weighted by atomic mass is 16.5. The van der Waals surface area contributed by atoms with Crippen molar-refractivity contribution in [2.24, 2.45) is 23.7 Å². The fourth-order valence-corrected chi connectivity index (χ4v) is 3.38. The second-order valence-electron chi connectivity index (χ2n) is 4.35. The Morgan fingerprint density at radius 2 is 2.08 bits per heavy atom. The van der Waals surface area contributed by atoms with Gasteiger partial charge < -0.3 is 14.9 Å². The van der Waals surface area contributed by atoms with Crippen molar-refractivity contribution in [2.45, 2.75) is 18.6 Å². The first-order valence-corrected chi connectivity index (χ1v) is 4.73. The number of esters is 1. The Kier molecular flexibility index (Phi) is 1.34. The van der Waals surface area contributed by atoms with Crippen LogP contribution in [0.2, 0.25) is 0 Å². The van der Waals surface area contributed by atoms with Crippen LogP contribution in [0, 0.1) is 23.7 Å². The average Bonchev–Trinajstić information content (AvgIpc) is 2.64. The van der Waals surface area contributed by atoms with Crippen molar-refractivity contribution in [3.05, 3.63) is 0 Å². The van der Waals surface area contributed by atoms with Gasteiger partial charge in [0.15, 0.2) is 0 Å². The van der Waals surface area contributed by atoms with Crippen molar-refractivity contribution in [3.63, 3.8) is 0 Å². The summed E-state index contributed by atoms with van der Waals surface area (Å²) in [5, 5.41) is 19.4. The van der Waals surface area contributed by atoms with Crippen molar-refractivity contribution < 1.29 is 19.7 Å². The van der Waals surface area contributed by atoms with E-state index in [9.17, 15) is 15.0 Å². The number of carbonyl (C=O) groups excluding carboxylic acids is 1. The highest BCUT2D eigenvalue weighted by molar-refractivity contribution is 5.76. The van der Waals surface area contributed by atoms with Gasteiger partial charge in [-0.05, 0) is 6.42 Å². The number of aliphatic hydroxyl groups is 2. The maximum absolute atomic E-state index is 11.3. The van der Waals surface area contributed by atoms with Crippen LogP contribution >= 0.6 is 0 Å². The zero-order chi connectivity index (χ0) is 9.16. The fourth-order valence-electron chi connectivity index (χ4n) is 3.38. The van der Waals surface area contributed by atoms with E-state index in [4.69, 9.17) is 4.74 Å². The van der Waals surface area contributed by atoms with Gasteiger partial charge in [0, 0.05) is 17.8 Å². The molecule has 1 heterocycles. The molecule has 0 unspecified atom stereocenters. The quantitative estimate of drug-likeness (QED) is 0.481. The smallest absolute Gasteiger partial charge is 0.309 e. The molecule has 3 aliphatic rings. The van der Waals surface area contributed by atoms with Gasteiger partial charge in [-0.2, -0.15) is 0 Å². The van der Waals surface area contributed by atoms with Gasteiger partial charge in [-0.1, -0.05) is 0 Å². The third kappa shape index (κ3) is 0.758. The van der Waals surface area contributed by atoms with Gasteiger partial charge in [-0.15, -0.1) is 0 Å². The average molecular weight is 184 g/mol. The van der Waals surface area contributed by atoms with Gasteiger partial charge >= 0.3 is 5.97 Å². The molecule has 3 rings (SSSR count). The predicted octanol–water partition coefficient (Wildman–Crippen LogP) is -0.853. The lowest BCUT2D eigenvalue weighted by molar-refractivity contribution is -0.143. The summed E-state index contributed by atoms with van der Waals surface area (Å²) in [5.74, 6) is -0.426. The number of hydrogen-bond donors (Lipinski definition) is 2. The normalized spacial score (nSPS) is 58.2. The Morgan fingerprint density at radius 1 is 1.31 bits per heavy atom. The molecule has 1 saturated heterocycles. The minimum absolute atomic E-state index is 0.0556. The molecule has 0 spiro atoms. The highest BCUT2D eigenvalue weighted by Crippen LogP contribution is 2.55. The van der Waals surface area contributed by atoms with Gasteiger partial charge in [-0.25, -0.2) is 0 Å². The van der Waals surface area contributed by atoms with Gasteiger partial charge in [-0.3, -0.25) is 4.79 Å². The summed E-state index contributed by atoms with van der Waals surface area (Å²) in [7, 11) is 0. The summed E-state index contributed by atoms with van der Waals surface area (Å²) in [5.41, 5.74) is 0. The Morgan fingerprint density at radius 3 is 2.85 bits per heavy atom. The van der Waals surface area contributed by atoms with Crippen LogP contribution in [-0.2, 0) is 9.53 Å². The summed E-state index contributed by atoms with van der Waals surface area (Å²) in [6.45, 7) is 0.388. The SMILES string of the molecule is O=C1OC[C@H]2[C@H]1[C@@H]1C[C@@H](O)[C@@H]2[C@H]1O. The van der Waals surface area contributed by atoms with Crippen LogP contribution < -0.4 is 0 Å². The second kappa shape index (κ2) is 2.25. The number of fused-ring (bicyclic) bond motifs is 5. The standard InChI is InChI=1S/C9H12O4/c10-5-1-3-6-4(2-13-9(6)12)7(5)8(3)11/h3-8,10-11H,1-2H2/t3-,4-,5+,6+,7+,8-/m0/s1. The molecule has 0 aromatic rings. The number of hydrogen-bond acceptors (Lipinski definition) is 4. The lowest BCUT2D eigenvalue weighted by Crippen LogP contribution is -2.31. The van der Waals surface area contributed by atoms with E-state index >= 15 is 0 Å². The molecular formula is C9H12O4. The molecule has 6 atom stereocenters. The summed E-state index contributed by atoms with van der Waals surface area (Å²) >= 11 is 0. The molecule has 2 aliphatic carbocycles. The minimum atomic E-state index is -0.488. The molecule has 13 heavy (non-hydrogen) atoms.